The van der Waals surface area contributed by atoms with Crippen LogP contribution in [0.4, 0.5) is 0 Å². The molecule has 0 bridgehead atoms. The molecule has 3 rings (SSSR count). The maximum Gasteiger partial charge on any atom is 0.00788 e. The van der Waals surface area contributed by atoms with Crippen LogP contribution in [0.25, 0.3) is 0 Å². The molecule has 2 aliphatic carbocycles. The fourth-order valence-corrected chi connectivity index (χ4v) is 4.16. The Morgan fingerprint density at radius 1 is 1.10 bits per heavy atom. The highest BCUT2D eigenvalue weighted by molar-refractivity contribution is 5.31. The van der Waals surface area contributed by atoms with Crippen molar-refractivity contribution >= 4 is 0 Å². The normalized spacial score (nSPS) is 33.7. The Bertz CT molecular complexity index is 433. The third-order valence-corrected chi connectivity index (χ3v) is 5.51. The highest BCUT2D eigenvalue weighted by Gasteiger charge is 2.31. The SMILES string of the molecule is Cc1ccccc1C1CC(NCC2CCCC(C)C2)C1. The monoisotopic (exact) mass is 271 g/mol. The summed E-state index contributed by atoms with van der Waals surface area (Å²) in [6.07, 6.45) is 8.48. The molecule has 2 aliphatic rings. The van der Waals surface area contributed by atoms with E-state index in [2.05, 4.69) is 43.4 Å². The highest BCUT2D eigenvalue weighted by Crippen LogP contribution is 2.38. The van der Waals surface area contributed by atoms with E-state index in [0.29, 0.717) is 0 Å². The standard InChI is InChI=1S/C19H29N/c1-14-6-5-8-16(10-14)13-20-18-11-17(12-18)19-9-4-3-7-15(19)2/h3-4,7,9,14,16-18,20H,5-6,8,10-13H2,1-2H3. The van der Waals surface area contributed by atoms with Gasteiger partial charge in [0.05, 0.1) is 0 Å². The van der Waals surface area contributed by atoms with Crippen LogP contribution in [0.3, 0.4) is 0 Å². The van der Waals surface area contributed by atoms with Crippen LogP contribution in [0.1, 0.15) is 62.5 Å². The molecular weight excluding hydrogens is 242 g/mol. The Hall–Kier alpha value is -0.820. The lowest BCUT2D eigenvalue weighted by molar-refractivity contribution is 0.231. The van der Waals surface area contributed by atoms with Crippen molar-refractivity contribution in [3.8, 4) is 0 Å². The molecule has 0 spiro atoms. The fraction of sp³-hybridized carbons (Fsp3) is 0.684. The van der Waals surface area contributed by atoms with Crippen LogP contribution in [0, 0.1) is 18.8 Å². The van der Waals surface area contributed by atoms with Crippen molar-refractivity contribution in [1.82, 2.24) is 5.32 Å². The minimum absolute atomic E-state index is 0.775. The topological polar surface area (TPSA) is 12.0 Å². The summed E-state index contributed by atoms with van der Waals surface area (Å²) in [6, 6.07) is 9.68. The number of benzene rings is 1. The summed E-state index contributed by atoms with van der Waals surface area (Å²) in [5.74, 6) is 2.70. The van der Waals surface area contributed by atoms with Crippen LogP contribution in [0.2, 0.25) is 0 Å². The van der Waals surface area contributed by atoms with Gasteiger partial charge in [0.2, 0.25) is 0 Å². The summed E-state index contributed by atoms with van der Waals surface area (Å²) >= 11 is 0. The summed E-state index contributed by atoms with van der Waals surface area (Å²) in [7, 11) is 0. The predicted molar refractivity (Wildman–Crippen MR) is 86.1 cm³/mol. The lowest BCUT2D eigenvalue weighted by Gasteiger charge is -2.38. The maximum atomic E-state index is 3.83. The Kier molecular flexibility index (Phi) is 4.45. The number of hydrogen-bond acceptors (Lipinski definition) is 1. The molecule has 2 atom stereocenters. The van der Waals surface area contributed by atoms with Gasteiger partial charge in [-0.05, 0) is 68.0 Å². The second kappa shape index (κ2) is 6.30. The first kappa shape index (κ1) is 14.1. The van der Waals surface area contributed by atoms with Gasteiger partial charge < -0.3 is 5.32 Å². The number of hydrogen-bond donors (Lipinski definition) is 1. The number of nitrogens with one attached hydrogen (secondary N) is 1. The summed E-state index contributed by atoms with van der Waals surface area (Å²) in [5, 5.41) is 3.83. The van der Waals surface area contributed by atoms with Gasteiger partial charge in [0.15, 0.2) is 0 Å². The van der Waals surface area contributed by atoms with E-state index in [1.54, 1.807) is 5.56 Å². The van der Waals surface area contributed by atoms with Gasteiger partial charge in [-0.3, -0.25) is 0 Å². The second-order valence-corrected chi connectivity index (χ2v) is 7.27. The predicted octanol–water partition coefficient (Wildman–Crippen LogP) is 4.66. The molecule has 20 heavy (non-hydrogen) atoms. The minimum atomic E-state index is 0.775. The van der Waals surface area contributed by atoms with Gasteiger partial charge in [0.1, 0.15) is 0 Å². The first-order chi connectivity index (χ1) is 9.72. The first-order valence-electron chi connectivity index (χ1n) is 8.51. The van der Waals surface area contributed by atoms with Gasteiger partial charge in [-0.1, -0.05) is 44.0 Å². The van der Waals surface area contributed by atoms with Crippen LogP contribution >= 0.6 is 0 Å². The van der Waals surface area contributed by atoms with Crippen molar-refractivity contribution in [2.24, 2.45) is 11.8 Å². The third kappa shape index (κ3) is 3.25. The second-order valence-electron chi connectivity index (χ2n) is 7.27. The van der Waals surface area contributed by atoms with E-state index in [4.69, 9.17) is 0 Å². The summed E-state index contributed by atoms with van der Waals surface area (Å²) in [5.41, 5.74) is 3.05. The molecular formula is C19H29N. The van der Waals surface area contributed by atoms with Crippen LogP contribution in [-0.4, -0.2) is 12.6 Å². The van der Waals surface area contributed by atoms with E-state index in [9.17, 15) is 0 Å². The van der Waals surface area contributed by atoms with Crippen molar-refractivity contribution in [2.75, 3.05) is 6.54 Å². The van der Waals surface area contributed by atoms with Gasteiger partial charge in [-0.15, -0.1) is 0 Å². The van der Waals surface area contributed by atoms with E-state index in [0.717, 1.165) is 23.8 Å². The van der Waals surface area contributed by atoms with Gasteiger partial charge in [-0.2, -0.15) is 0 Å². The molecule has 1 aromatic carbocycles. The summed E-state index contributed by atoms with van der Waals surface area (Å²) < 4.78 is 0. The van der Waals surface area contributed by atoms with Crippen LogP contribution < -0.4 is 5.32 Å². The molecule has 0 radical (unpaired) electrons. The largest absolute Gasteiger partial charge is 0.314 e. The first-order valence-corrected chi connectivity index (χ1v) is 8.51. The number of rotatable bonds is 4. The zero-order chi connectivity index (χ0) is 13.9. The van der Waals surface area contributed by atoms with E-state index in [1.807, 2.05) is 0 Å². The average Bonchev–Trinajstić information content (AvgIpc) is 2.39. The van der Waals surface area contributed by atoms with Crippen LogP contribution in [0.5, 0.6) is 0 Å². The molecule has 1 heteroatoms. The van der Waals surface area contributed by atoms with Crippen molar-refractivity contribution in [3.63, 3.8) is 0 Å². The Labute approximate surface area is 124 Å². The minimum Gasteiger partial charge on any atom is -0.314 e. The molecule has 1 nitrogen and oxygen atoms in total. The lowest BCUT2D eigenvalue weighted by Crippen LogP contribution is -2.42. The molecule has 110 valence electrons. The smallest absolute Gasteiger partial charge is 0.00788 e. The molecule has 0 amide bonds. The highest BCUT2D eigenvalue weighted by atomic mass is 14.9. The molecule has 2 unspecified atom stereocenters. The van der Waals surface area contributed by atoms with Crippen molar-refractivity contribution in [1.29, 1.82) is 0 Å². The fourth-order valence-electron chi connectivity index (χ4n) is 4.16. The van der Waals surface area contributed by atoms with Crippen molar-refractivity contribution < 1.29 is 0 Å². The van der Waals surface area contributed by atoms with Gasteiger partial charge in [0.25, 0.3) is 0 Å². The Morgan fingerprint density at radius 3 is 2.65 bits per heavy atom. The molecule has 0 aromatic heterocycles. The number of aryl methyl sites for hydroxylation is 1. The summed E-state index contributed by atoms with van der Waals surface area (Å²) in [4.78, 5) is 0. The molecule has 1 N–H and O–H groups in total. The van der Waals surface area contributed by atoms with E-state index in [1.165, 1.54) is 50.6 Å². The van der Waals surface area contributed by atoms with Crippen LogP contribution in [0.15, 0.2) is 24.3 Å². The zero-order valence-corrected chi connectivity index (χ0v) is 13.1. The summed E-state index contributed by atoms with van der Waals surface area (Å²) in [6.45, 7) is 5.93. The third-order valence-electron chi connectivity index (χ3n) is 5.51. The van der Waals surface area contributed by atoms with E-state index >= 15 is 0 Å². The van der Waals surface area contributed by atoms with Crippen molar-refractivity contribution in [3.05, 3.63) is 35.4 Å². The lowest BCUT2D eigenvalue weighted by atomic mass is 9.74. The average molecular weight is 271 g/mol. The molecule has 2 fully saturated rings. The van der Waals surface area contributed by atoms with Crippen molar-refractivity contribution in [2.45, 2.75) is 64.3 Å². The Morgan fingerprint density at radius 2 is 1.90 bits per heavy atom. The van der Waals surface area contributed by atoms with Gasteiger partial charge in [0, 0.05) is 6.04 Å². The molecule has 0 aliphatic heterocycles. The molecule has 0 saturated heterocycles. The maximum absolute atomic E-state index is 3.83. The molecule has 0 heterocycles. The van der Waals surface area contributed by atoms with E-state index in [-0.39, 0.29) is 0 Å². The van der Waals surface area contributed by atoms with Gasteiger partial charge in [-0.25, -0.2) is 0 Å². The molecule has 2 saturated carbocycles. The van der Waals surface area contributed by atoms with Crippen LogP contribution in [-0.2, 0) is 0 Å². The quantitative estimate of drug-likeness (QED) is 0.840. The van der Waals surface area contributed by atoms with E-state index < -0.39 is 0 Å². The molecule has 1 aromatic rings. The zero-order valence-electron chi connectivity index (χ0n) is 13.1. The Balaban J connectivity index is 1.41. The van der Waals surface area contributed by atoms with Gasteiger partial charge >= 0.3 is 0 Å².